The van der Waals surface area contributed by atoms with Gasteiger partial charge in [0.1, 0.15) is 18.5 Å². The molecular weight excluding hydrogens is 845 g/mol. The number of halogens is 17. The Morgan fingerprint density at radius 2 is 1.19 bits per heavy atom. The molecular formula is C32H40F17NO6Si. The van der Waals surface area contributed by atoms with E-state index in [2.05, 4.69) is 0 Å². The summed E-state index contributed by atoms with van der Waals surface area (Å²) in [5, 5.41) is 19.2. The minimum absolute atomic E-state index is 0.132. The third kappa shape index (κ3) is 10.3. The fourth-order valence-electron chi connectivity index (χ4n) is 5.62. The van der Waals surface area contributed by atoms with Crippen LogP contribution < -0.4 is 10.2 Å². The normalized spacial score (nSPS) is 15.8. The number of aliphatic hydroxyl groups excluding tert-OH is 1. The smallest absolute Gasteiger partial charge is 0.460 e. The summed E-state index contributed by atoms with van der Waals surface area (Å²) in [6, 6.07) is 4.26. The van der Waals surface area contributed by atoms with Crippen LogP contribution in [0.2, 0.25) is 17.1 Å². The van der Waals surface area contributed by atoms with Gasteiger partial charge in [-0.05, 0) is 47.7 Å². The summed E-state index contributed by atoms with van der Waals surface area (Å²) in [7, 11) is -2.65. The number of carbonyl (C=O) groups excluding carboxylic acids is 1. The number of hydrogen-bond donors (Lipinski definition) is 3. The van der Waals surface area contributed by atoms with Crippen molar-refractivity contribution in [3.05, 3.63) is 42.0 Å². The van der Waals surface area contributed by atoms with Gasteiger partial charge in [-0.3, -0.25) is 10.0 Å². The second-order valence-corrected chi connectivity index (χ2v) is 18.4. The first-order valence-electron chi connectivity index (χ1n) is 16.5. The van der Waals surface area contributed by atoms with E-state index >= 15 is 0 Å². The molecule has 57 heavy (non-hydrogen) atoms. The summed E-state index contributed by atoms with van der Waals surface area (Å²) in [4.78, 5) is 11.0. The van der Waals surface area contributed by atoms with Crippen molar-refractivity contribution >= 4 is 14.2 Å². The number of carbonyl (C=O) groups is 1. The van der Waals surface area contributed by atoms with Crippen LogP contribution in [0.15, 0.2) is 36.4 Å². The van der Waals surface area contributed by atoms with Crippen LogP contribution >= 0.6 is 0 Å². The van der Waals surface area contributed by atoms with Gasteiger partial charge < -0.3 is 19.0 Å². The highest BCUT2D eigenvalue weighted by atomic mass is 28.4. The molecule has 0 heterocycles. The lowest BCUT2D eigenvalue weighted by Crippen LogP contribution is -2.74. The predicted octanol–water partition coefficient (Wildman–Crippen LogP) is 10.1. The van der Waals surface area contributed by atoms with Crippen LogP contribution in [0.1, 0.15) is 58.6 Å². The average Bonchev–Trinajstić information content (AvgIpc) is 3.09. The highest BCUT2D eigenvalue weighted by Crippen LogP contribution is 2.64. The van der Waals surface area contributed by atoms with Crippen molar-refractivity contribution in [2.45, 2.75) is 124 Å². The molecule has 25 heteroatoms. The molecule has 0 aliphatic rings. The van der Waals surface area contributed by atoms with E-state index in [0.29, 0.717) is 5.56 Å². The fraction of sp³-hybridized carbons (Fsp3) is 0.719. The van der Waals surface area contributed by atoms with Gasteiger partial charge in [0, 0.05) is 19.6 Å². The Labute approximate surface area is 315 Å². The molecule has 0 unspecified atom stereocenters. The highest BCUT2D eigenvalue weighted by Gasteiger charge is 2.95. The number of rotatable bonds is 23. The predicted molar refractivity (Wildman–Crippen MR) is 168 cm³/mol. The van der Waals surface area contributed by atoms with Crippen LogP contribution in [0.25, 0.3) is 0 Å². The molecule has 0 saturated heterocycles. The molecule has 1 aromatic rings. The number of methoxy groups -OCH3 is 1. The molecule has 0 fully saturated rings. The van der Waals surface area contributed by atoms with Gasteiger partial charge in [0.15, 0.2) is 8.32 Å². The van der Waals surface area contributed by atoms with Crippen LogP contribution in [-0.4, -0.2) is 98.6 Å². The van der Waals surface area contributed by atoms with Gasteiger partial charge in [0.2, 0.25) is 0 Å². The summed E-state index contributed by atoms with van der Waals surface area (Å²) in [6.07, 6.45) is -9.34. The molecule has 0 aliphatic carbocycles. The molecule has 1 rings (SSSR count). The topological polar surface area (TPSA) is 97.3 Å². The van der Waals surface area contributed by atoms with E-state index in [0.717, 1.165) is 6.08 Å². The maximum absolute atomic E-state index is 14.9. The van der Waals surface area contributed by atoms with E-state index in [1.165, 1.54) is 70.6 Å². The van der Waals surface area contributed by atoms with Crippen LogP contribution in [0.3, 0.4) is 0 Å². The number of ether oxygens (including phenoxy) is 2. The molecule has 3 N–H and O–H groups in total. The van der Waals surface area contributed by atoms with E-state index in [1.54, 1.807) is 0 Å². The quantitative estimate of drug-likeness (QED) is 0.0253. The Kier molecular flexibility index (Phi) is 17.0. The van der Waals surface area contributed by atoms with Crippen LogP contribution in [0.4, 0.5) is 74.6 Å². The van der Waals surface area contributed by atoms with Crippen molar-refractivity contribution in [1.82, 2.24) is 5.48 Å². The lowest BCUT2D eigenvalue weighted by atomic mass is 9.88. The Balaban J connectivity index is 3.18. The zero-order valence-electron chi connectivity index (χ0n) is 30.5. The SMILES string of the molecule is CO[C@@H](CC/C=C/C(=O)NO)[C@@H](O)c1ccc(OCCO[Si](CCC(F)(F)C(F)(F)C(F)(F)C(F)(F)C(F)(F)C(F)(F)C(F)(F)C(F)(F)F)(C(C)C)C(C)C)cc1. The number of aliphatic hydroxyl groups is 1. The second-order valence-electron chi connectivity index (χ2n) is 13.4. The number of alkyl halides is 17. The average molecular weight is 886 g/mol. The van der Waals surface area contributed by atoms with Crippen molar-refractivity contribution < 1.29 is 104 Å². The van der Waals surface area contributed by atoms with Gasteiger partial charge >= 0.3 is 47.6 Å². The van der Waals surface area contributed by atoms with Crippen molar-refractivity contribution in [3.8, 4) is 5.75 Å². The zero-order valence-corrected chi connectivity index (χ0v) is 31.5. The Hall–Kier alpha value is -2.90. The maximum Gasteiger partial charge on any atom is 0.460 e. The molecule has 0 saturated carbocycles. The third-order valence-corrected chi connectivity index (χ3v) is 14.9. The van der Waals surface area contributed by atoms with Gasteiger partial charge in [-0.1, -0.05) is 45.9 Å². The van der Waals surface area contributed by atoms with Gasteiger partial charge in [0.25, 0.3) is 5.91 Å². The van der Waals surface area contributed by atoms with Crippen molar-refractivity contribution in [3.63, 3.8) is 0 Å². The Morgan fingerprint density at radius 3 is 1.61 bits per heavy atom. The summed E-state index contributed by atoms with van der Waals surface area (Å²) < 4.78 is 251. The fourth-order valence-corrected chi connectivity index (χ4v) is 10.1. The Bertz CT molecular complexity index is 1470. The molecule has 332 valence electrons. The lowest BCUT2D eigenvalue weighted by molar-refractivity contribution is -0.461. The molecule has 2 atom stereocenters. The molecule has 7 nitrogen and oxygen atoms in total. The van der Waals surface area contributed by atoms with Crippen molar-refractivity contribution in [1.29, 1.82) is 0 Å². The van der Waals surface area contributed by atoms with Crippen LogP contribution in [-0.2, 0) is 14.0 Å². The minimum atomic E-state index is -8.69. The number of nitrogens with one attached hydrogen (secondary N) is 1. The number of allylic oxidation sites excluding steroid dienone is 1. The van der Waals surface area contributed by atoms with E-state index in [9.17, 15) is 84.5 Å². The third-order valence-electron chi connectivity index (χ3n) is 9.17. The highest BCUT2D eigenvalue weighted by molar-refractivity contribution is 6.76. The summed E-state index contributed by atoms with van der Waals surface area (Å²) >= 11 is 0. The first-order valence-corrected chi connectivity index (χ1v) is 18.8. The molecule has 1 aromatic carbocycles. The summed E-state index contributed by atoms with van der Waals surface area (Å²) in [6.45, 7) is 4.35. The summed E-state index contributed by atoms with van der Waals surface area (Å²) in [5.41, 5.74) is 0.00187. The number of benzene rings is 1. The molecule has 0 aromatic heterocycles. The van der Waals surface area contributed by atoms with E-state index < -0.39 is 111 Å². The standard InChI is InChI=1S/C32H40F17NO6Si/c1-18(2)57(19(3)4,56-16-15-55-21-12-10-20(11-13-21)24(52)22(54-5)8-6-7-9-23(51)50-53)17-14-25(33,34)26(35,36)27(37,38)28(39,40)29(41,42)30(43,44)31(45,46)32(47,48)49/h7,9-13,18-19,22,24,52-53H,6,8,14-17H2,1-5H3,(H,50,51)/b9-7+/t22-,24-/m0/s1. The van der Waals surface area contributed by atoms with E-state index in [4.69, 9.17) is 19.1 Å². The van der Waals surface area contributed by atoms with Crippen LogP contribution in [0, 0.1) is 0 Å². The van der Waals surface area contributed by atoms with Gasteiger partial charge in [-0.25, -0.2) is 5.48 Å². The first-order chi connectivity index (χ1) is 25.6. The Morgan fingerprint density at radius 1 is 0.737 bits per heavy atom. The number of hydrogen-bond acceptors (Lipinski definition) is 6. The molecule has 0 spiro atoms. The number of hydroxylamine groups is 1. The van der Waals surface area contributed by atoms with Gasteiger partial charge in [-0.15, -0.1) is 0 Å². The lowest BCUT2D eigenvalue weighted by Gasteiger charge is -2.44. The van der Waals surface area contributed by atoms with Crippen molar-refractivity contribution in [2.75, 3.05) is 20.3 Å². The van der Waals surface area contributed by atoms with Gasteiger partial charge in [-0.2, -0.15) is 74.6 Å². The minimum Gasteiger partial charge on any atom is -0.491 e. The van der Waals surface area contributed by atoms with Crippen LogP contribution in [0.5, 0.6) is 5.75 Å². The van der Waals surface area contributed by atoms with Crippen molar-refractivity contribution in [2.24, 2.45) is 0 Å². The van der Waals surface area contributed by atoms with Gasteiger partial charge in [0.05, 0.1) is 12.7 Å². The second kappa shape index (κ2) is 18.6. The summed E-state index contributed by atoms with van der Waals surface area (Å²) in [5.74, 6) is -57.4. The molecule has 1 amide bonds. The number of amides is 1. The van der Waals surface area contributed by atoms with E-state index in [1.807, 2.05) is 0 Å². The molecule has 0 bridgehead atoms. The first kappa shape index (κ1) is 52.1. The largest absolute Gasteiger partial charge is 0.491 e. The maximum atomic E-state index is 14.9. The zero-order chi connectivity index (χ0) is 44.9. The molecule has 0 radical (unpaired) electrons. The monoisotopic (exact) mass is 885 g/mol. The molecule has 0 aliphatic heterocycles. The van der Waals surface area contributed by atoms with E-state index in [-0.39, 0.29) is 18.6 Å².